The summed E-state index contributed by atoms with van der Waals surface area (Å²) in [4.78, 5) is 35.6. The van der Waals surface area contributed by atoms with Gasteiger partial charge in [-0.05, 0) is 5.56 Å². The maximum atomic E-state index is 12.0. The summed E-state index contributed by atoms with van der Waals surface area (Å²) in [6.45, 7) is 2.65. The van der Waals surface area contributed by atoms with E-state index in [2.05, 4.69) is 0 Å². The van der Waals surface area contributed by atoms with Gasteiger partial charge in [-0.25, -0.2) is 0 Å². The van der Waals surface area contributed by atoms with Crippen molar-refractivity contribution in [2.75, 3.05) is 7.11 Å². The first-order chi connectivity index (χ1) is 14.9. The SMILES string of the molecule is CO[C@H]1O[C@H](C2CC(=O)C=CO2)[C@@H](OCc2ccccc2)[C@H](OC(C)=O)[C@H]1OC(C)=O. The third kappa shape index (κ3) is 5.90. The van der Waals surface area contributed by atoms with Crippen LogP contribution in [0.4, 0.5) is 0 Å². The van der Waals surface area contributed by atoms with Gasteiger partial charge in [-0.3, -0.25) is 14.4 Å². The second-order valence-electron chi connectivity index (χ2n) is 7.26. The van der Waals surface area contributed by atoms with Crippen molar-refractivity contribution in [1.29, 1.82) is 0 Å². The fourth-order valence-electron chi connectivity index (χ4n) is 3.65. The van der Waals surface area contributed by atoms with E-state index in [1.165, 1.54) is 33.3 Å². The van der Waals surface area contributed by atoms with E-state index in [9.17, 15) is 14.4 Å². The quantitative estimate of drug-likeness (QED) is 0.593. The summed E-state index contributed by atoms with van der Waals surface area (Å²) in [5, 5.41) is 0. The fourth-order valence-corrected chi connectivity index (χ4v) is 3.65. The molecule has 31 heavy (non-hydrogen) atoms. The van der Waals surface area contributed by atoms with E-state index in [0.29, 0.717) is 0 Å². The van der Waals surface area contributed by atoms with E-state index in [0.717, 1.165) is 5.56 Å². The van der Waals surface area contributed by atoms with Crippen LogP contribution in [-0.2, 0) is 49.4 Å². The summed E-state index contributed by atoms with van der Waals surface area (Å²) < 4.78 is 34.0. The molecule has 1 saturated heterocycles. The topological polar surface area (TPSA) is 107 Å². The maximum Gasteiger partial charge on any atom is 0.303 e. The van der Waals surface area contributed by atoms with Gasteiger partial charge in [0.1, 0.15) is 18.3 Å². The summed E-state index contributed by atoms with van der Waals surface area (Å²) in [5.74, 6) is -1.33. The molecule has 0 aromatic heterocycles. The molecule has 0 spiro atoms. The summed E-state index contributed by atoms with van der Waals surface area (Å²) in [7, 11) is 1.38. The lowest BCUT2D eigenvalue weighted by Crippen LogP contribution is -2.64. The first-order valence-corrected chi connectivity index (χ1v) is 9.92. The zero-order valence-electron chi connectivity index (χ0n) is 17.6. The average Bonchev–Trinajstić information content (AvgIpc) is 2.73. The van der Waals surface area contributed by atoms with Crippen molar-refractivity contribution in [2.24, 2.45) is 0 Å². The average molecular weight is 434 g/mol. The molecule has 2 aliphatic heterocycles. The number of ether oxygens (including phenoxy) is 6. The Kier molecular flexibility index (Phi) is 7.78. The standard InChI is InChI=1S/C22H26O9/c1-13(23)29-20-19(28-12-15-7-5-4-6-8-15)18(17-11-16(25)9-10-27-17)31-22(26-3)21(20)30-14(2)24/h4-10,17-22H,11-12H2,1-3H3/t17?,18-,19-,20+,21-,22+/m1/s1. The number of benzene rings is 1. The number of hydrogen-bond acceptors (Lipinski definition) is 9. The molecule has 1 aromatic carbocycles. The van der Waals surface area contributed by atoms with E-state index in [1.54, 1.807) is 0 Å². The normalized spacial score (nSPS) is 30.4. The van der Waals surface area contributed by atoms with Crippen molar-refractivity contribution in [3.05, 3.63) is 48.2 Å². The highest BCUT2D eigenvalue weighted by Crippen LogP contribution is 2.33. The highest BCUT2D eigenvalue weighted by molar-refractivity contribution is 5.90. The minimum Gasteiger partial charge on any atom is -0.495 e. The number of carbonyl (C=O) groups is 3. The van der Waals surface area contributed by atoms with E-state index < -0.39 is 48.7 Å². The van der Waals surface area contributed by atoms with Gasteiger partial charge in [0, 0.05) is 27.0 Å². The molecule has 3 rings (SSSR count). The minimum atomic E-state index is -1.07. The van der Waals surface area contributed by atoms with Crippen molar-refractivity contribution < 1.29 is 42.8 Å². The lowest BCUT2D eigenvalue weighted by Gasteiger charge is -2.46. The first kappa shape index (κ1) is 22.9. The van der Waals surface area contributed by atoms with Crippen molar-refractivity contribution in [2.45, 2.75) is 63.7 Å². The third-order valence-corrected chi connectivity index (χ3v) is 4.93. The molecule has 2 heterocycles. The summed E-state index contributed by atoms with van der Waals surface area (Å²) in [5.41, 5.74) is 0.876. The Hall–Kier alpha value is -2.75. The molecule has 1 aromatic rings. The Balaban J connectivity index is 1.93. The Morgan fingerprint density at radius 2 is 1.71 bits per heavy atom. The molecular weight excluding hydrogens is 408 g/mol. The highest BCUT2D eigenvalue weighted by atomic mass is 16.7. The third-order valence-electron chi connectivity index (χ3n) is 4.93. The fraction of sp³-hybridized carbons (Fsp3) is 0.500. The molecule has 0 bridgehead atoms. The van der Waals surface area contributed by atoms with Crippen LogP contribution in [-0.4, -0.2) is 61.6 Å². The number of hydrogen-bond donors (Lipinski definition) is 0. The number of rotatable bonds is 7. The Morgan fingerprint density at radius 1 is 1.03 bits per heavy atom. The van der Waals surface area contributed by atoms with Crippen LogP contribution < -0.4 is 0 Å². The molecule has 0 amide bonds. The largest absolute Gasteiger partial charge is 0.495 e. The highest BCUT2D eigenvalue weighted by Gasteiger charge is 2.54. The van der Waals surface area contributed by atoms with E-state index in [1.807, 2.05) is 30.3 Å². The molecule has 0 N–H and O–H groups in total. The van der Waals surface area contributed by atoms with Crippen LogP contribution in [0.25, 0.3) is 0 Å². The number of esters is 2. The number of methoxy groups -OCH3 is 1. The molecule has 0 radical (unpaired) electrons. The number of allylic oxidation sites excluding steroid dienone is 1. The smallest absolute Gasteiger partial charge is 0.303 e. The van der Waals surface area contributed by atoms with Crippen LogP contribution in [0.15, 0.2) is 42.7 Å². The predicted molar refractivity (Wildman–Crippen MR) is 105 cm³/mol. The summed E-state index contributed by atoms with van der Waals surface area (Å²) >= 11 is 0. The van der Waals surface area contributed by atoms with Crippen molar-refractivity contribution in [3.63, 3.8) is 0 Å². The van der Waals surface area contributed by atoms with Gasteiger partial charge in [-0.1, -0.05) is 30.3 Å². The van der Waals surface area contributed by atoms with Gasteiger partial charge in [-0.2, -0.15) is 0 Å². The second-order valence-corrected chi connectivity index (χ2v) is 7.26. The molecule has 9 nitrogen and oxygen atoms in total. The molecule has 168 valence electrons. The van der Waals surface area contributed by atoms with Crippen molar-refractivity contribution in [3.8, 4) is 0 Å². The van der Waals surface area contributed by atoms with Crippen LogP contribution in [0.1, 0.15) is 25.8 Å². The first-order valence-electron chi connectivity index (χ1n) is 9.92. The molecule has 6 atom stereocenters. The van der Waals surface area contributed by atoms with Crippen molar-refractivity contribution in [1.82, 2.24) is 0 Å². The van der Waals surface area contributed by atoms with Gasteiger partial charge in [0.2, 0.25) is 0 Å². The Morgan fingerprint density at radius 3 is 2.32 bits per heavy atom. The Bertz CT molecular complexity index is 806. The molecule has 2 aliphatic rings. The molecule has 0 aliphatic carbocycles. The zero-order chi connectivity index (χ0) is 22.4. The van der Waals surface area contributed by atoms with Crippen LogP contribution in [0.3, 0.4) is 0 Å². The van der Waals surface area contributed by atoms with Gasteiger partial charge in [0.05, 0.1) is 19.3 Å². The molecule has 1 unspecified atom stereocenters. The van der Waals surface area contributed by atoms with E-state index in [4.69, 9.17) is 28.4 Å². The second kappa shape index (κ2) is 10.5. The molecular formula is C22H26O9. The molecule has 1 fully saturated rings. The summed E-state index contributed by atoms with van der Waals surface area (Å²) in [6.07, 6.45) is -2.92. The van der Waals surface area contributed by atoms with E-state index in [-0.39, 0.29) is 18.8 Å². The van der Waals surface area contributed by atoms with Crippen LogP contribution >= 0.6 is 0 Å². The maximum absolute atomic E-state index is 12.0. The Labute approximate surface area is 180 Å². The van der Waals surface area contributed by atoms with Gasteiger partial charge in [-0.15, -0.1) is 0 Å². The van der Waals surface area contributed by atoms with E-state index >= 15 is 0 Å². The van der Waals surface area contributed by atoms with Gasteiger partial charge >= 0.3 is 11.9 Å². The van der Waals surface area contributed by atoms with Crippen LogP contribution in [0.5, 0.6) is 0 Å². The van der Waals surface area contributed by atoms with Gasteiger partial charge < -0.3 is 28.4 Å². The number of carbonyl (C=O) groups excluding carboxylic acids is 3. The minimum absolute atomic E-state index is 0.0494. The van der Waals surface area contributed by atoms with Gasteiger partial charge in [0.15, 0.2) is 24.3 Å². The van der Waals surface area contributed by atoms with Crippen LogP contribution in [0.2, 0.25) is 0 Å². The van der Waals surface area contributed by atoms with Crippen molar-refractivity contribution >= 4 is 17.7 Å². The molecule has 0 saturated carbocycles. The predicted octanol–water partition coefficient (Wildman–Crippen LogP) is 1.68. The van der Waals surface area contributed by atoms with Crippen LogP contribution in [0, 0.1) is 0 Å². The number of ketones is 1. The lowest BCUT2D eigenvalue weighted by atomic mass is 9.91. The summed E-state index contributed by atoms with van der Waals surface area (Å²) in [6, 6.07) is 9.38. The van der Waals surface area contributed by atoms with Gasteiger partial charge in [0.25, 0.3) is 0 Å². The monoisotopic (exact) mass is 434 g/mol. The molecule has 9 heteroatoms. The lowest BCUT2D eigenvalue weighted by molar-refractivity contribution is -0.316. The zero-order valence-corrected chi connectivity index (χ0v) is 17.6.